The van der Waals surface area contributed by atoms with Crippen molar-refractivity contribution in [3.05, 3.63) is 33.7 Å². The molecule has 1 atom stereocenters. The van der Waals surface area contributed by atoms with Gasteiger partial charge in [0.15, 0.2) is 5.82 Å². The molecule has 1 aromatic heterocycles. The van der Waals surface area contributed by atoms with E-state index in [0.29, 0.717) is 12.4 Å². The van der Waals surface area contributed by atoms with Gasteiger partial charge in [0.05, 0.1) is 11.7 Å². The highest BCUT2D eigenvalue weighted by atomic mass is 127. The molecule has 0 fully saturated rings. The van der Waals surface area contributed by atoms with Crippen LogP contribution in [0.25, 0.3) is 5.69 Å². The van der Waals surface area contributed by atoms with Gasteiger partial charge in [-0.1, -0.05) is 6.07 Å². The van der Waals surface area contributed by atoms with Crippen LogP contribution in [0.5, 0.6) is 0 Å². The van der Waals surface area contributed by atoms with E-state index in [1.54, 1.807) is 0 Å². The Bertz CT molecular complexity index is 728. The van der Waals surface area contributed by atoms with Gasteiger partial charge < -0.3 is 15.4 Å². The Hall–Kier alpha value is -1.75. The van der Waals surface area contributed by atoms with Crippen molar-refractivity contribution < 1.29 is 9.53 Å². The zero-order valence-electron chi connectivity index (χ0n) is 15.5. The lowest BCUT2D eigenvalue weighted by atomic mass is 10.2. The Morgan fingerprint density at radius 1 is 1.35 bits per heavy atom. The number of amides is 1. The fourth-order valence-corrected chi connectivity index (χ4v) is 2.64. The van der Waals surface area contributed by atoms with E-state index in [1.165, 1.54) is 4.80 Å². The van der Waals surface area contributed by atoms with Crippen molar-refractivity contribution in [3.8, 4) is 5.69 Å². The van der Waals surface area contributed by atoms with E-state index >= 15 is 0 Å². The fraction of sp³-hybridized carbons (Fsp3) is 0.529. The second-order valence-electron chi connectivity index (χ2n) is 6.87. The number of carbonyl (C=O) groups is 1. The van der Waals surface area contributed by atoms with Crippen LogP contribution in [0.1, 0.15) is 46.0 Å². The van der Waals surface area contributed by atoms with Crippen molar-refractivity contribution in [2.24, 2.45) is 0 Å². The van der Waals surface area contributed by atoms with Crippen LogP contribution in [0.3, 0.4) is 0 Å². The number of halogens is 1. The summed E-state index contributed by atoms with van der Waals surface area (Å²) in [6.45, 7) is 8.76. The second kappa shape index (κ2) is 9.26. The Morgan fingerprint density at radius 2 is 2.12 bits per heavy atom. The summed E-state index contributed by atoms with van der Waals surface area (Å²) in [4.78, 5) is 13.1. The Kier molecular flexibility index (Phi) is 7.33. The number of aromatic nitrogens is 4. The fourth-order valence-electron chi connectivity index (χ4n) is 2.11. The molecule has 142 valence electrons. The first-order chi connectivity index (χ1) is 12.2. The molecule has 1 heterocycles. The van der Waals surface area contributed by atoms with Crippen LogP contribution in [-0.4, -0.2) is 45.0 Å². The van der Waals surface area contributed by atoms with Crippen LogP contribution in [0.4, 0.5) is 4.79 Å². The van der Waals surface area contributed by atoms with E-state index in [2.05, 4.69) is 48.6 Å². The number of alkyl carbamates (subject to hydrolysis) is 1. The monoisotopic (exact) mass is 472 g/mol. The summed E-state index contributed by atoms with van der Waals surface area (Å²) in [5, 5.41) is 18.7. The molecule has 0 spiro atoms. The van der Waals surface area contributed by atoms with Gasteiger partial charge in [0.25, 0.3) is 0 Å². The van der Waals surface area contributed by atoms with Crippen LogP contribution < -0.4 is 10.6 Å². The summed E-state index contributed by atoms with van der Waals surface area (Å²) in [7, 11) is 0. The van der Waals surface area contributed by atoms with Crippen LogP contribution in [0, 0.1) is 3.57 Å². The van der Waals surface area contributed by atoms with Crippen molar-refractivity contribution in [3.63, 3.8) is 0 Å². The van der Waals surface area contributed by atoms with Crippen molar-refractivity contribution in [1.29, 1.82) is 0 Å². The highest BCUT2D eigenvalue weighted by Crippen LogP contribution is 2.12. The number of rotatable bonds is 7. The minimum Gasteiger partial charge on any atom is -0.444 e. The van der Waals surface area contributed by atoms with E-state index in [4.69, 9.17) is 4.74 Å². The van der Waals surface area contributed by atoms with Crippen molar-refractivity contribution in [2.75, 3.05) is 13.1 Å². The van der Waals surface area contributed by atoms with Gasteiger partial charge in [0.2, 0.25) is 0 Å². The molecule has 1 aromatic carbocycles. The van der Waals surface area contributed by atoms with Crippen molar-refractivity contribution >= 4 is 28.7 Å². The maximum Gasteiger partial charge on any atom is 0.407 e. The standard InChI is InChI=1S/C17H25IN6O2/c1-12(19-9-6-10-20-16(25)26-17(2,3)4)15-21-23-24(22-15)14-8-5-7-13(18)11-14/h5,7-8,11-12,19H,6,9-10H2,1-4H3,(H,20,25)/t12-/m1/s1. The molecular formula is C17H25IN6O2. The van der Waals surface area contributed by atoms with Crippen molar-refractivity contribution in [2.45, 2.75) is 45.8 Å². The Morgan fingerprint density at radius 3 is 2.81 bits per heavy atom. The van der Waals surface area contributed by atoms with Crippen molar-refractivity contribution in [1.82, 2.24) is 30.8 Å². The lowest BCUT2D eigenvalue weighted by molar-refractivity contribution is 0.0527. The van der Waals surface area contributed by atoms with Gasteiger partial charge in [0, 0.05) is 10.1 Å². The molecule has 8 nitrogen and oxygen atoms in total. The number of hydrogen-bond donors (Lipinski definition) is 2. The molecule has 0 aliphatic carbocycles. The summed E-state index contributed by atoms with van der Waals surface area (Å²) < 4.78 is 6.30. The minimum atomic E-state index is -0.481. The first-order valence-electron chi connectivity index (χ1n) is 8.51. The summed E-state index contributed by atoms with van der Waals surface area (Å²) in [5.74, 6) is 0.629. The average molecular weight is 472 g/mol. The highest BCUT2D eigenvalue weighted by Gasteiger charge is 2.16. The molecule has 2 N–H and O–H groups in total. The number of hydrogen-bond acceptors (Lipinski definition) is 6. The molecule has 2 aromatic rings. The van der Waals surface area contributed by atoms with Gasteiger partial charge in [0.1, 0.15) is 5.60 Å². The third-order valence-electron chi connectivity index (χ3n) is 3.33. The van der Waals surface area contributed by atoms with Crippen LogP contribution >= 0.6 is 22.6 Å². The lowest BCUT2D eigenvalue weighted by Gasteiger charge is -2.19. The molecule has 0 saturated carbocycles. The van der Waals surface area contributed by atoms with Crippen LogP contribution in [-0.2, 0) is 4.74 Å². The smallest absolute Gasteiger partial charge is 0.407 e. The van der Waals surface area contributed by atoms with E-state index in [0.717, 1.165) is 22.2 Å². The molecule has 0 bridgehead atoms. The molecule has 26 heavy (non-hydrogen) atoms. The van der Waals surface area contributed by atoms with Crippen LogP contribution in [0.15, 0.2) is 24.3 Å². The molecular weight excluding hydrogens is 447 g/mol. The van der Waals surface area contributed by atoms with E-state index < -0.39 is 11.7 Å². The van der Waals surface area contributed by atoms with Gasteiger partial charge in [-0.25, -0.2) is 4.79 Å². The lowest BCUT2D eigenvalue weighted by Crippen LogP contribution is -2.34. The molecule has 0 radical (unpaired) electrons. The number of nitrogens with one attached hydrogen (secondary N) is 2. The number of nitrogens with zero attached hydrogens (tertiary/aromatic N) is 4. The van der Waals surface area contributed by atoms with E-state index in [1.807, 2.05) is 52.0 Å². The number of carbonyl (C=O) groups excluding carboxylic acids is 1. The van der Waals surface area contributed by atoms with Gasteiger partial charge >= 0.3 is 6.09 Å². The number of tetrazole rings is 1. The van der Waals surface area contributed by atoms with Gasteiger partial charge in [-0.3, -0.25) is 0 Å². The molecule has 9 heteroatoms. The van der Waals surface area contributed by atoms with Crippen LogP contribution in [0.2, 0.25) is 0 Å². The van der Waals surface area contributed by atoms with Gasteiger partial charge in [-0.15, -0.1) is 15.0 Å². The molecule has 0 saturated heterocycles. The minimum absolute atomic E-state index is 0.0342. The van der Waals surface area contributed by atoms with E-state index in [-0.39, 0.29) is 6.04 Å². The summed E-state index contributed by atoms with van der Waals surface area (Å²) in [6.07, 6.45) is 0.377. The van der Waals surface area contributed by atoms with Gasteiger partial charge in [-0.2, -0.15) is 0 Å². The SMILES string of the molecule is C[C@@H](NCCCNC(=O)OC(C)(C)C)c1nnn(-c2cccc(I)c2)n1. The summed E-state index contributed by atoms with van der Waals surface area (Å²) >= 11 is 2.25. The predicted molar refractivity (Wildman–Crippen MR) is 107 cm³/mol. The molecule has 0 aliphatic heterocycles. The zero-order valence-corrected chi connectivity index (χ0v) is 17.6. The predicted octanol–water partition coefficient (Wildman–Crippen LogP) is 2.83. The van der Waals surface area contributed by atoms with E-state index in [9.17, 15) is 4.79 Å². The molecule has 0 aliphatic rings. The highest BCUT2D eigenvalue weighted by molar-refractivity contribution is 14.1. The summed E-state index contributed by atoms with van der Waals surface area (Å²) in [6, 6.07) is 7.87. The first-order valence-corrected chi connectivity index (χ1v) is 9.58. The number of ether oxygens (including phenoxy) is 1. The van der Waals surface area contributed by atoms with Gasteiger partial charge in [-0.05, 0) is 86.7 Å². The third kappa shape index (κ3) is 6.87. The third-order valence-corrected chi connectivity index (χ3v) is 4.00. The number of benzene rings is 1. The summed E-state index contributed by atoms with van der Waals surface area (Å²) in [5.41, 5.74) is 0.398. The molecule has 2 rings (SSSR count). The largest absolute Gasteiger partial charge is 0.444 e. The zero-order chi connectivity index (χ0) is 19.2. The Labute approximate surface area is 167 Å². The molecule has 1 amide bonds. The Balaban J connectivity index is 1.73. The normalized spacial score (nSPS) is 12.7. The topological polar surface area (TPSA) is 94.0 Å². The maximum absolute atomic E-state index is 11.6. The second-order valence-corrected chi connectivity index (χ2v) is 8.12. The quantitative estimate of drug-likeness (QED) is 0.476. The maximum atomic E-state index is 11.6. The molecule has 0 unspecified atom stereocenters. The average Bonchev–Trinajstić information content (AvgIpc) is 3.02. The first kappa shape index (κ1) is 20.6.